The molecule has 0 aliphatic rings. The standard InChI is InChI=1S/C38H67O8P/c1-3-5-7-9-11-13-15-17-19-21-22-24-26-28-30-32-37(39)44-34-36(35-45-47(41,42)43)46-38(40)33-31-29-27-25-23-20-18-16-14-12-10-8-6-4-2/h10-13,16-19,36H,3-9,14-15,20-35H2,1-2H3,(H2,41,42,43)/b12-10-,13-11-,18-16-,19-17-/t36-/m1/s1. The first-order chi connectivity index (χ1) is 22.8. The number of esters is 2. The van der Waals surface area contributed by atoms with Crippen LogP contribution in [0.25, 0.3) is 0 Å². The average molecular weight is 683 g/mol. The topological polar surface area (TPSA) is 119 Å². The first-order valence-corrected chi connectivity index (χ1v) is 20.0. The van der Waals surface area contributed by atoms with Crippen molar-refractivity contribution in [2.75, 3.05) is 13.2 Å². The summed E-state index contributed by atoms with van der Waals surface area (Å²) in [5.41, 5.74) is 0. The Morgan fingerprint density at radius 3 is 1.47 bits per heavy atom. The summed E-state index contributed by atoms with van der Waals surface area (Å²) in [6, 6.07) is 0. The maximum Gasteiger partial charge on any atom is 0.469 e. The minimum absolute atomic E-state index is 0.191. The smallest absolute Gasteiger partial charge is 0.462 e. The summed E-state index contributed by atoms with van der Waals surface area (Å²) in [7, 11) is -4.76. The molecule has 0 aliphatic carbocycles. The Hall–Kier alpha value is -1.99. The van der Waals surface area contributed by atoms with Crippen LogP contribution in [0.15, 0.2) is 48.6 Å². The van der Waals surface area contributed by atoms with E-state index < -0.39 is 32.5 Å². The van der Waals surface area contributed by atoms with E-state index in [9.17, 15) is 14.2 Å². The molecule has 0 heterocycles. The van der Waals surface area contributed by atoms with Crippen LogP contribution in [0.3, 0.4) is 0 Å². The number of ether oxygens (including phenoxy) is 2. The lowest BCUT2D eigenvalue weighted by Crippen LogP contribution is -2.29. The molecule has 0 rings (SSSR count). The Kier molecular flexibility index (Phi) is 32.5. The second-order valence-electron chi connectivity index (χ2n) is 12.2. The molecule has 0 amide bonds. The van der Waals surface area contributed by atoms with Crippen molar-refractivity contribution in [2.24, 2.45) is 0 Å². The molecule has 0 aliphatic heterocycles. The zero-order chi connectivity index (χ0) is 34.7. The second kappa shape index (κ2) is 33.9. The highest BCUT2D eigenvalue weighted by atomic mass is 31.2. The van der Waals surface area contributed by atoms with Gasteiger partial charge in [-0.15, -0.1) is 0 Å². The minimum Gasteiger partial charge on any atom is -0.462 e. The Morgan fingerprint density at radius 1 is 0.553 bits per heavy atom. The van der Waals surface area contributed by atoms with Crippen LogP contribution in [0, 0.1) is 0 Å². The summed E-state index contributed by atoms with van der Waals surface area (Å²) in [4.78, 5) is 42.6. The summed E-state index contributed by atoms with van der Waals surface area (Å²) < 4.78 is 26.3. The lowest BCUT2D eigenvalue weighted by Gasteiger charge is -2.18. The normalized spacial score (nSPS) is 13.0. The average Bonchev–Trinajstić information content (AvgIpc) is 3.03. The molecule has 0 aromatic carbocycles. The van der Waals surface area contributed by atoms with Crippen molar-refractivity contribution in [2.45, 2.75) is 168 Å². The number of carbonyl (C=O) groups is 2. The number of rotatable bonds is 33. The van der Waals surface area contributed by atoms with Crippen LogP contribution >= 0.6 is 7.82 Å². The molecule has 0 radical (unpaired) electrons. The van der Waals surface area contributed by atoms with Crippen molar-refractivity contribution in [1.29, 1.82) is 0 Å². The lowest BCUT2D eigenvalue weighted by atomic mass is 10.1. The van der Waals surface area contributed by atoms with Crippen LogP contribution in [0.1, 0.15) is 162 Å². The molecule has 1 atom stereocenters. The molecule has 272 valence electrons. The number of phosphoric ester groups is 1. The number of carbonyl (C=O) groups excluding carboxylic acids is 2. The van der Waals surface area contributed by atoms with Crippen LogP contribution < -0.4 is 0 Å². The van der Waals surface area contributed by atoms with Crippen molar-refractivity contribution in [1.82, 2.24) is 0 Å². The molecule has 2 N–H and O–H groups in total. The van der Waals surface area contributed by atoms with Crippen molar-refractivity contribution in [3.8, 4) is 0 Å². The van der Waals surface area contributed by atoms with Gasteiger partial charge in [0.05, 0.1) is 6.61 Å². The van der Waals surface area contributed by atoms with Gasteiger partial charge >= 0.3 is 19.8 Å². The molecule has 0 bridgehead atoms. The Bertz CT molecular complexity index is 905. The Labute approximate surface area is 286 Å². The zero-order valence-corrected chi connectivity index (χ0v) is 30.6. The van der Waals surface area contributed by atoms with Crippen molar-refractivity contribution < 1.29 is 37.9 Å². The first kappa shape index (κ1) is 45.0. The fourth-order valence-corrected chi connectivity index (χ4v) is 5.13. The molecule has 47 heavy (non-hydrogen) atoms. The van der Waals surface area contributed by atoms with Gasteiger partial charge in [-0.05, 0) is 70.6 Å². The summed E-state index contributed by atoms with van der Waals surface area (Å²) in [5, 5.41) is 0. The van der Waals surface area contributed by atoms with Gasteiger partial charge in [0.1, 0.15) is 6.61 Å². The molecular formula is C38H67O8P. The van der Waals surface area contributed by atoms with Crippen molar-refractivity contribution in [3.63, 3.8) is 0 Å². The minimum atomic E-state index is -4.76. The summed E-state index contributed by atoms with van der Waals surface area (Å²) >= 11 is 0. The van der Waals surface area contributed by atoms with Gasteiger partial charge in [0.15, 0.2) is 6.10 Å². The molecule has 0 aromatic rings. The van der Waals surface area contributed by atoms with Gasteiger partial charge in [0.25, 0.3) is 0 Å². The van der Waals surface area contributed by atoms with E-state index in [4.69, 9.17) is 19.3 Å². The zero-order valence-electron chi connectivity index (χ0n) is 29.7. The number of hydrogen-bond acceptors (Lipinski definition) is 6. The van der Waals surface area contributed by atoms with E-state index in [1.54, 1.807) is 0 Å². The van der Waals surface area contributed by atoms with Gasteiger partial charge in [-0.3, -0.25) is 14.1 Å². The van der Waals surface area contributed by atoms with E-state index in [1.165, 1.54) is 38.5 Å². The van der Waals surface area contributed by atoms with Gasteiger partial charge in [-0.1, -0.05) is 127 Å². The van der Waals surface area contributed by atoms with E-state index in [2.05, 4.69) is 67.0 Å². The molecular weight excluding hydrogens is 615 g/mol. The van der Waals surface area contributed by atoms with E-state index in [1.807, 2.05) is 0 Å². The number of hydrogen-bond donors (Lipinski definition) is 2. The summed E-state index contributed by atoms with van der Waals surface area (Å²) in [6.07, 6.45) is 39.7. The van der Waals surface area contributed by atoms with Crippen LogP contribution in [0.4, 0.5) is 0 Å². The third-order valence-electron chi connectivity index (χ3n) is 7.57. The summed E-state index contributed by atoms with van der Waals surface area (Å²) in [5.74, 6) is -0.921. The quantitative estimate of drug-likeness (QED) is 0.0304. The van der Waals surface area contributed by atoms with Gasteiger partial charge in [0, 0.05) is 12.8 Å². The molecule has 0 aromatic heterocycles. The van der Waals surface area contributed by atoms with Gasteiger partial charge in [-0.2, -0.15) is 0 Å². The van der Waals surface area contributed by atoms with Crippen LogP contribution in [0.5, 0.6) is 0 Å². The highest BCUT2D eigenvalue weighted by Gasteiger charge is 2.22. The highest BCUT2D eigenvalue weighted by Crippen LogP contribution is 2.36. The van der Waals surface area contributed by atoms with Gasteiger partial charge in [-0.25, -0.2) is 4.57 Å². The summed E-state index contributed by atoms with van der Waals surface area (Å²) in [6.45, 7) is 3.57. The Morgan fingerprint density at radius 2 is 0.979 bits per heavy atom. The highest BCUT2D eigenvalue weighted by molar-refractivity contribution is 7.46. The van der Waals surface area contributed by atoms with Crippen molar-refractivity contribution >= 4 is 19.8 Å². The van der Waals surface area contributed by atoms with Crippen molar-refractivity contribution in [3.05, 3.63) is 48.6 Å². The fourth-order valence-electron chi connectivity index (χ4n) is 4.77. The predicted molar refractivity (Wildman–Crippen MR) is 193 cm³/mol. The van der Waals surface area contributed by atoms with Gasteiger partial charge in [0.2, 0.25) is 0 Å². The number of phosphoric acid groups is 1. The second-order valence-corrected chi connectivity index (χ2v) is 13.4. The van der Waals surface area contributed by atoms with E-state index in [0.717, 1.165) is 83.5 Å². The molecule has 0 fully saturated rings. The van der Waals surface area contributed by atoms with E-state index in [-0.39, 0.29) is 19.4 Å². The maximum atomic E-state index is 12.3. The third kappa shape index (κ3) is 36.7. The number of unbranched alkanes of at least 4 members (excludes halogenated alkanes) is 15. The molecule has 0 saturated carbocycles. The molecule has 0 spiro atoms. The van der Waals surface area contributed by atoms with Gasteiger partial charge < -0.3 is 19.3 Å². The van der Waals surface area contributed by atoms with Crippen LogP contribution in [-0.2, 0) is 28.2 Å². The maximum absolute atomic E-state index is 12.3. The first-order valence-electron chi connectivity index (χ1n) is 18.4. The Balaban J connectivity index is 4.04. The van der Waals surface area contributed by atoms with Crippen LogP contribution in [-0.4, -0.2) is 41.0 Å². The number of allylic oxidation sites excluding steroid dienone is 8. The molecule has 0 unspecified atom stereocenters. The monoisotopic (exact) mass is 682 g/mol. The molecule has 8 nitrogen and oxygen atoms in total. The van der Waals surface area contributed by atoms with Crippen LogP contribution in [0.2, 0.25) is 0 Å². The molecule has 9 heteroatoms. The predicted octanol–water partition coefficient (Wildman–Crippen LogP) is 10.8. The lowest BCUT2D eigenvalue weighted by molar-refractivity contribution is -0.161. The van der Waals surface area contributed by atoms with E-state index in [0.29, 0.717) is 12.8 Å². The largest absolute Gasteiger partial charge is 0.469 e. The van der Waals surface area contributed by atoms with E-state index >= 15 is 0 Å². The molecule has 0 saturated heterocycles. The fraction of sp³-hybridized carbons (Fsp3) is 0.737. The third-order valence-corrected chi connectivity index (χ3v) is 8.06. The SMILES string of the molecule is CCCC/C=C\C/C=C\CCCCCCCC(=O)O[C@H](COC(=O)CCCCCCC/C=C\C/C=C\CCCCC)COP(=O)(O)O.